The molecule has 0 radical (unpaired) electrons. The highest BCUT2D eigenvalue weighted by Crippen LogP contribution is 2.16. The van der Waals surface area contributed by atoms with Crippen molar-refractivity contribution in [2.24, 2.45) is 0 Å². The Morgan fingerprint density at radius 2 is 1.86 bits per heavy atom. The van der Waals surface area contributed by atoms with Crippen LogP contribution >= 0.6 is 0 Å². The number of nitriles is 1. The average Bonchev–Trinajstić information content (AvgIpc) is 2.50. The number of rotatable bonds is 5. The van der Waals surface area contributed by atoms with Crippen molar-refractivity contribution in [3.63, 3.8) is 0 Å². The number of carbonyl (C=O) groups excluding carboxylic acids is 1. The van der Waals surface area contributed by atoms with E-state index < -0.39 is 0 Å². The zero-order valence-corrected chi connectivity index (χ0v) is 12.8. The predicted octanol–water partition coefficient (Wildman–Crippen LogP) is 3.62. The summed E-state index contributed by atoms with van der Waals surface area (Å²) in [5.41, 5.74) is 4.73. The number of hydrogen-bond acceptors (Lipinski definition) is 3. The molecule has 0 aliphatic carbocycles. The number of nitrogens with zero attached hydrogens (tertiary/aromatic N) is 1. The van der Waals surface area contributed by atoms with Crippen molar-refractivity contribution in [2.45, 2.75) is 20.3 Å². The third-order valence-corrected chi connectivity index (χ3v) is 3.35. The van der Waals surface area contributed by atoms with Gasteiger partial charge < -0.3 is 10.6 Å². The summed E-state index contributed by atoms with van der Waals surface area (Å²) in [6, 6.07) is 15.1. The first-order valence-electron chi connectivity index (χ1n) is 7.19. The van der Waals surface area contributed by atoms with Crippen LogP contribution in [0.15, 0.2) is 42.5 Å². The van der Waals surface area contributed by atoms with Crippen molar-refractivity contribution in [2.75, 3.05) is 17.2 Å². The molecule has 22 heavy (non-hydrogen) atoms. The van der Waals surface area contributed by atoms with Gasteiger partial charge in [0.2, 0.25) is 5.91 Å². The second kappa shape index (κ2) is 7.28. The van der Waals surface area contributed by atoms with Gasteiger partial charge in [-0.1, -0.05) is 17.7 Å². The number of carbonyl (C=O) groups is 1. The van der Waals surface area contributed by atoms with E-state index in [1.165, 1.54) is 11.1 Å². The zero-order valence-electron chi connectivity index (χ0n) is 12.8. The molecule has 0 unspecified atom stereocenters. The SMILES string of the molecule is Cc1ccc(NCCC(=O)Nc2ccc(C#N)cc2)c(C)c1. The van der Waals surface area contributed by atoms with E-state index in [2.05, 4.69) is 23.6 Å². The molecule has 0 fully saturated rings. The Morgan fingerprint density at radius 1 is 1.14 bits per heavy atom. The van der Waals surface area contributed by atoms with Gasteiger partial charge in [-0.25, -0.2) is 0 Å². The monoisotopic (exact) mass is 293 g/mol. The normalized spacial score (nSPS) is 9.86. The van der Waals surface area contributed by atoms with E-state index in [1.54, 1.807) is 24.3 Å². The Bertz CT molecular complexity index is 699. The maximum Gasteiger partial charge on any atom is 0.226 e. The summed E-state index contributed by atoms with van der Waals surface area (Å²) in [6.07, 6.45) is 0.382. The van der Waals surface area contributed by atoms with Gasteiger partial charge in [-0.2, -0.15) is 5.26 Å². The Kier molecular flexibility index (Phi) is 5.16. The molecule has 0 aromatic heterocycles. The second-order valence-corrected chi connectivity index (χ2v) is 5.23. The molecule has 0 spiro atoms. The summed E-state index contributed by atoms with van der Waals surface area (Å²) < 4.78 is 0. The zero-order chi connectivity index (χ0) is 15.9. The van der Waals surface area contributed by atoms with Gasteiger partial charge in [0.25, 0.3) is 0 Å². The fourth-order valence-electron chi connectivity index (χ4n) is 2.17. The molecule has 1 amide bonds. The van der Waals surface area contributed by atoms with Crippen molar-refractivity contribution >= 4 is 17.3 Å². The first kappa shape index (κ1) is 15.6. The first-order valence-corrected chi connectivity index (χ1v) is 7.19. The van der Waals surface area contributed by atoms with Crippen molar-refractivity contribution < 1.29 is 4.79 Å². The topological polar surface area (TPSA) is 64.9 Å². The van der Waals surface area contributed by atoms with E-state index in [0.717, 1.165) is 5.69 Å². The van der Waals surface area contributed by atoms with Crippen LogP contribution in [0.2, 0.25) is 0 Å². The third kappa shape index (κ3) is 4.35. The minimum atomic E-state index is -0.0537. The summed E-state index contributed by atoms with van der Waals surface area (Å²) >= 11 is 0. The van der Waals surface area contributed by atoms with Crippen molar-refractivity contribution in [3.8, 4) is 6.07 Å². The lowest BCUT2D eigenvalue weighted by atomic mass is 10.1. The van der Waals surface area contributed by atoms with E-state index in [4.69, 9.17) is 5.26 Å². The van der Waals surface area contributed by atoms with Gasteiger partial charge in [0.05, 0.1) is 11.6 Å². The first-order chi connectivity index (χ1) is 10.6. The summed E-state index contributed by atoms with van der Waals surface area (Å²) in [5.74, 6) is -0.0537. The fraction of sp³-hybridized carbons (Fsp3) is 0.222. The molecule has 0 heterocycles. The molecule has 0 aliphatic heterocycles. The number of benzene rings is 2. The average molecular weight is 293 g/mol. The molecule has 0 bridgehead atoms. The highest BCUT2D eigenvalue weighted by atomic mass is 16.1. The van der Waals surface area contributed by atoms with Gasteiger partial charge in [-0.15, -0.1) is 0 Å². The lowest BCUT2D eigenvalue weighted by molar-refractivity contribution is -0.115. The van der Waals surface area contributed by atoms with Gasteiger partial charge >= 0.3 is 0 Å². The molecular weight excluding hydrogens is 274 g/mol. The summed E-state index contributed by atoms with van der Waals surface area (Å²) in [5, 5.41) is 14.8. The Morgan fingerprint density at radius 3 is 2.50 bits per heavy atom. The molecular formula is C18H19N3O. The van der Waals surface area contributed by atoms with Crippen molar-refractivity contribution in [3.05, 3.63) is 59.2 Å². The van der Waals surface area contributed by atoms with Crippen LogP contribution in [0.1, 0.15) is 23.1 Å². The van der Waals surface area contributed by atoms with Crippen LogP contribution in [0.3, 0.4) is 0 Å². The lowest BCUT2D eigenvalue weighted by Crippen LogP contribution is -2.16. The van der Waals surface area contributed by atoms with E-state index in [-0.39, 0.29) is 5.91 Å². The fourth-order valence-corrected chi connectivity index (χ4v) is 2.17. The predicted molar refractivity (Wildman–Crippen MR) is 88.8 cm³/mol. The largest absolute Gasteiger partial charge is 0.384 e. The lowest BCUT2D eigenvalue weighted by Gasteiger charge is -2.10. The number of nitrogens with one attached hydrogen (secondary N) is 2. The standard InChI is InChI=1S/C18H19N3O/c1-13-3-8-17(14(2)11-13)20-10-9-18(22)21-16-6-4-15(12-19)5-7-16/h3-8,11,20H,9-10H2,1-2H3,(H,21,22). The smallest absolute Gasteiger partial charge is 0.226 e. The molecule has 0 saturated heterocycles. The van der Waals surface area contributed by atoms with Gasteiger partial charge in [0, 0.05) is 24.3 Å². The van der Waals surface area contributed by atoms with E-state index >= 15 is 0 Å². The van der Waals surface area contributed by atoms with Crippen LogP contribution in [0.5, 0.6) is 0 Å². The summed E-state index contributed by atoms with van der Waals surface area (Å²) in [4.78, 5) is 11.9. The van der Waals surface area contributed by atoms with Crippen LogP contribution in [0.4, 0.5) is 11.4 Å². The van der Waals surface area contributed by atoms with Gasteiger partial charge in [0.15, 0.2) is 0 Å². The van der Waals surface area contributed by atoms with E-state index in [9.17, 15) is 4.79 Å². The Labute approximate surface area is 130 Å². The van der Waals surface area contributed by atoms with Crippen molar-refractivity contribution in [1.29, 1.82) is 5.26 Å². The molecule has 2 aromatic rings. The Balaban J connectivity index is 1.81. The maximum atomic E-state index is 11.9. The summed E-state index contributed by atoms with van der Waals surface area (Å²) in [7, 11) is 0. The van der Waals surface area contributed by atoms with E-state index in [1.807, 2.05) is 25.1 Å². The molecule has 0 aliphatic rings. The van der Waals surface area contributed by atoms with Crippen LogP contribution in [0.25, 0.3) is 0 Å². The van der Waals surface area contributed by atoms with Crippen LogP contribution in [0, 0.1) is 25.2 Å². The van der Waals surface area contributed by atoms with E-state index in [0.29, 0.717) is 24.2 Å². The highest BCUT2D eigenvalue weighted by Gasteiger charge is 2.03. The number of amides is 1. The van der Waals surface area contributed by atoms with Crippen molar-refractivity contribution in [1.82, 2.24) is 0 Å². The van der Waals surface area contributed by atoms with Crippen LogP contribution in [-0.4, -0.2) is 12.5 Å². The molecule has 0 saturated carbocycles. The minimum Gasteiger partial charge on any atom is -0.384 e. The third-order valence-electron chi connectivity index (χ3n) is 3.35. The Hall–Kier alpha value is -2.80. The van der Waals surface area contributed by atoms with Crippen LogP contribution in [-0.2, 0) is 4.79 Å². The number of hydrogen-bond donors (Lipinski definition) is 2. The number of anilines is 2. The maximum absolute atomic E-state index is 11.9. The number of aryl methyl sites for hydroxylation is 2. The molecule has 2 rings (SSSR count). The van der Waals surface area contributed by atoms with Crippen LogP contribution < -0.4 is 10.6 Å². The molecule has 2 aromatic carbocycles. The molecule has 4 nitrogen and oxygen atoms in total. The highest BCUT2D eigenvalue weighted by molar-refractivity contribution is 5.91. The molecule has 0 atom stereocenters. The molecule has 112 valence electrons. The molecule has 2 N–H and O–H groups in total. The second-order valence-electron chi connectivity index (χ2n) is 5.23. The van der Waals surface area contributed by atoms with Gasteiger partial charge in [0.1, 0.15) is 0 Å². The van der Waals surface area contributed by atoms with Gasteiger partial charge in [-0.05, 0) is 49.7 Å². The van der Waals surface area contributed by atoms with Gasteiger partial charge in [-0.3, -0.25) is 4.79 Å². The summed E-state index contributed by atoms with van der Waals surface area (Å²) in [6.45, 7) is 4.68. The minimum absolute atomic E-state index is 0.0537. The quantitative estimate of drug-likeness (QED) is 0.885. The molecule has 4 heteroatoms.